The first-order valence-corrected chi connectivity index (χ1v) is 10.9. The van der Waals surface area contributed by atoms with Crippen molar-refractivity contribution in [2.24, 2.45) is 4.99 Å². The van der Waals surface area contributed by atoms with Crippen molar-refractivity contribution in [2.45, 2.75) is 44.2 Å². The maximum absolute atomic E-state index is 12.6. The minimum absolute atomic E-state index is 0. The number of alkyl halides is 3. The monoisotopic (exact) mass is 561 g/mol. The highest BCUT2D eigenvalue weighted by Gasteiger charge is 2.32. The van der Waals surface area contributed by atoms with Crippen LogP contribution in [0.1, 0.15) is 30.9 Å². The van der Waals surface area contributed by atoms with Crippen molar-refractivity contribution < 1.29 is 22.6 Å². The van der Waals surface area contributed by atoms with Gasteiger partial charge in [-0.3, -0.25) is 0 Å². The predicted molar refractivity (Wildman–Crippen MR) is 127 cm³/mol. The number of hydrogen-bond donors (Lipinski definition) is 2. The summed E-state index contributed by atoms with van der Waals surface area (Å²) < 4.78 is 48.2. The Morgan fingerprint density at radius 2 is 1.97 bits per heavy atom. The van der Waals surface area contributed by atoms with E-state index < -0.39 is 12.8 Å². The van der Waals surface area contributed by atoms with Gasteiger partial charge in [0.05, 0.1) is 6.54 Å². The van der Waals surface area contributed by atoms with Gasteiger partial charge in [-0.15, -0.1) is 24.0 Å². The zero-order valence-electron chi connectivity index (χ0n) is 17.6. The van der Waals surface area contributed by atoms with Crippen LogP contribution in [0.5, 0.6) is 5.75 Å². The van der Waals surface area contributed by atoms with Gasteiger partial charge >= 0.3 is 6.18 Å². The molecule has 0 amide bonds. The molecular formula is C20H31F3IN3O2S. The summed E-state index contributed by atoms with van der Waals surface area (Å²) in [6, 6.07) is 5.22. The van der Waals surface area contributed by atoms with Crippen LogP contribution in [0.3, 0.4) is 0 Å². The fourth-order valence-corrected chi connectivity index (χ4v) is 3.83. The van der Waals surface area contributed by atoms with Crippen LogP contribution in [-0.4, -0.2) is 56.0 Å². The summed E-state index contributed by atoms with van der Waals surface area (Å²) in [7, 11) is 0. The summed E-state index contributed by atoms with van der Waals surface area (Å²) in [5, 5.41) is 6.58. The first-order chi connectivity index (χ1) is 13.8. The van der Waals surface area contributed by atoms with Crippen LogP contribution in [0.25, 0.3) is 0 Å². The molecule has 2 N–H and O–H groups in total. The van der Waals surface area contributed by atoms with E-state index in [9.17, 15) is 13.2 Å². The predicted octanol–water partition coefficient (Wildman–Crippen LogP) is 4.52. The number of rotatable bonds is 8. The fourth-order valence-electron chi connectivity index (χ4n) is 3.03. The Bertz CT molecular complexity index is 684. The molecule has 1 aliphatic rings. The molecule has 0 spiro atoms. The summed E-state index contributed by atoms with van der Waals surface area (Å²) in [6.07, 6.45) is -0.341. The Morgan fingerprint density at radius 1 is 1.27 bits per heavy atom. The summed E-state index contributed by atoms with van der Waals surface area (Å²) >= 11 is 1.83. The lowest BCUT2D eigenvalue weighted by molar-refractivity contribution is -0.153. The smallest absolute Gasteiger partial charge is 0.422 e. The molecule has 1 aromatic carbocycles. The SMILES string of the molecule is CCNC(=NCc1ccc(C)cc1OCC(F)(F)F)NCC1(SC)CCOCC1.I. The number of guanidine groups is 1. The summed E-state index contributed by atoms with van der Waals surface area (Å²) in [5.41, 5.74) is 1.45. The zero-order valence-corrected chi connectivity index (χ0v) is 20.7. The third kappa shape index (κ3) is 9.09. The molecule has 1 aromatic rings. The topological polar surface area (TPSA) is 54.9 Å². The molecular weight excluding hydrogens is 530 g/mol. The number of benzene rings is 1. The third-order valence-corrected chi connectivity index (χ3v) is 6.20. The second-order valence-corrected chi connectivity index (χ2v) is 8.34. The van der Waals surface area contributed by atoms with Gasteiger partial charge in [-0.2, -0.15) is 24.9 Å². The standard InChI is InChI=1S/C20H30F3N3O2S.HI/c1-4-24-18(26-13-19(29-3)7-9-27-10-8-19)25-12-16-6-5-15(2)11-17(16)28-14-20(21,22)23;/h5-6,11H,4,7-10,12-14H2,1-3H3,(H2,24,25,26);1H. The van der Waals surface area contributed by atoms with Crippen LogP contribution in [0.4, 0.5) is 13.2 Å². The number of aliphatic imine (C=N–C) groups is 1. The van der Waals surface area contributed by atoms with Crippen molar-refractivity contribution in [3.8, 4) is 5.75 Å². The molecule has 30 heavy (non-hydrogen) atoms. The molecule has 0 radical (unpaired) electrons. The number of hydrogen-bond acceptors (Lipinski definition) is 4. The maximum atomic E-state index is 12.6. The van der Waals surface area contributed by atoms with Crippen molar-refractivity contribution in [1.82, 2.24) is 10.6 Å². The van der Waals surface area contributed by atoms with E-state index in [1.165, 1.54) is 0 Å². The minimum atomic E-state index is -4.38. The molecule has 0 saturated carbocycles. The van der Waals surface area contributed by atoms with Gasteiger partial charge in [-0.05, 0) is 44.6 Å². The molecule has 0 aliphatic carbocycles. The number of thioether (sulfide) groups is 1. The lowest BCUT2D eigenvalue weighted by atomic mass is 9.99. The van der Waals surface area contributed by atoms with Crippen LogP contribution < -0.4 is 15.4 Å². The Hall–Kier alpha value is -0.880. The van der Waals surface area contributed by atoms with E-state index in [1.54, 1.807) is 12.1 Å². The molecule has 172 valence electrons. The lowest BCUT2D eigenvalue weighted by Gasteiger charge is -2.36. The van der Waals surface area contributed by atoms with E-state index in [0.717, 1.165) is 38.2 Å². The molecule has 0 aromatic heterocycles. The Balaban J connectivity index is 0.00000450. The van der Waals surface area contributed by atoms with Gasteiger partial charge in [0.15, 0.2) is 12.6 Å². The van der Waals surface area contributed by atoms with Gasteiger partial charge in [0, 0.05) is 36.6 Å². The Labute approximate surface area is 198 Å². The van der Waals surface area contributed by atoms with E-state index in [0.29, 0.717) is 18.1 Å². The summed E-state index contributed by atoms with van der Waals surface area (Å²) in [6.45, 7) is 5.62. The normalized spacial score (nSPS) is 16.5. The van der Waals surface area contributed by atoms with Gasteiger partial charge in [0.25, 0.3) is 0 Å². The van der Waals surface area contributed by atoms with E-state index in [4.69, 9.17) is 9.47 Å². The molecule has 0 unspecified atom stereocenters. The Morgan fingerprint density at radius 3 is 2.57 bits per heavy atom. The highest BCUT2D eigenvalue weighted by atomic mass is 127. The Kier molecular flexibility index (Phi) is 11.6. The van der Waals surface area contributed by atoms with Crippen molar-refractivity contribution in [2.75, 3.05) is 39.2 Å². The van der Waals surface area contributed by atoms with Crippen LogP contribution in [0.2, 0.25) is 0 Å². The van der Waals surface area contributed by atoms with Crippen LogP contribution >= 0.6 is 35.7 Å². The summed E-state index contributed by atoms with van der Waals surface area (Å²) in [5.74, 6) is 0.849. The highest BCUT2D eigenvalue weighted by molar-refractivity contribution is 14.0. The summed E-state index contributed by atoms with van der Waals surface area (Å²) in [4.78, 5) is 4.56. The largest absolute Gasteiger partial charge is 0.484 e. The molecule has 2 rings (SSSR count). The maximum Gasteiger partial charge on any atom is 0.422 e. The van der Waals surface area contributed by atoms with Crippen LogP contribution in [-0.2, 0) is 11.3 Å². The first-order valence-electron chi connectivity index (χ1n) is 9.71. The quantitative estimate of drug-likeness (QED) is 0.278. The van der Waals surface area contributed by atoms with E-state index in [-0.39, 0.29) is 41.0 Å². The molecule has 1 saturated heterocycles. The second kappa shape index (κ2) is 12.8. The number of aryl methyl sites for hydroxylation is 1. The molecule has 1 aliphatic heterocycles. The van der Waals surface area contributed by atoms with Gasteiger partial charge in [0.2, 0.25) is 0 Å². The average Bonchev–Trinajstić information content (AvgIpc) is 2.69. The zero-order chi connectivity index (χ0) is 21.3. The third-order valence-electron chi connectivity index (χ3n) is 4.78. The van der Waals surface area contributed by atoms with Crippen molar-refractivity contribution >= 4 is 41.7 Å². The van der Waals surface area contributed by atoms with Gasteiger partial charge in [-0.1, -0.05) is 12.1 Å². The highest BCUT2D eigenvalue weighted by Crippen LogP contribution is 2.33. The number of nitrogens with zero attached hydrogens (tertiary/aromatic N) is 1. The number of nitrogens with one attached hydrogen (secondary N) is 2. The van der Waals surface area contributed by atoms with Crippen molar-refractivity contribution in [3.05, 3.63) is 29.3 Å². The van der Waals surface area contributed by atoms with Crippen molar-refractivity contribution in [1.29, 1.82) is 0 Å². The van der Waals surface area contributed by atoms with Gasteiger partial charge < -0.3 is 20.1 Å². The minimum Gasteiger partial charge on any atom is -0.484 e. The van der Waals surface area contributed by atoms with Gasteiger partial charge in [0.1, 0.15) is 5.75 Å². The molecule has 1 heterocycles. The number of ether oxygens (including phenoxy) is 2. The van der Waals surface area contributed by atoms with E-state index >= 15 is 0 Å². The molecule has 0 bridgehead atoms. The van der Waals surface area contributed by atoms with Crippen molar-refractivity contribution in [3.63, 3.8) is 0 Å². The molecule has 0 atom stereocenters. The van der Waals surface area contributed by atoms with Gasteiger partial charge in [-0.25, -0.2) is 4.99 Å². The fraction of sp³-hybridized carbons (Fsp3) is 0.650. The van der Waals surface area contributed by atoms with E-state index in [2.05, 4.69) is 21.9 Å². The number of halogens is 4. The van der Waals surface area contributed by atoms with Crippen LogP contribution in [0.15, 0.2) is 23.2 Å². The first kappa shape index (κ1) is 27.2. The van der Waals surface area contributed by atoms with E-state index in [1.807, 2.05) is 31.7 Å². The second-order valence-electron chi connectivity index (χ2n) is 7.06. The molecule has 5 nitrogen and oxygen atoms in total. The van der Waals surface area contributed by atoms with Crippen LogP contribution in [0, 0.1) is 6.92 Å². The molecule has 10 heteroatoms. The average molecular weight is 561 g/mol. The molecule has 1 fully saturated rings. The lowest BCUT2D eigenvalue weighted by Crippen LogP contribution is -2.47.